The third-order valence-corrected chi connectivity index (χ3v) is 2.68. The van der Waals surface area contributed by atoms with Crippen molar-refractivity contribution >= 4 is 5.97 Å². The Balaban J connectivity index is 2.11. The van der Waals surface area contributed by atoms with Gasteiger partial charge in [-0.1, -0.05) is 12.1 Å². The summed E-state index contributed by atoms with van der Waals surface area (Å²) in [4.78, 5) is 14.0. The number of esters is 1. The van der Waals surface area contributed by atoms with E-state index >= 15 is 0 Å². The summed E-state index contributed by atoms with van der Waals surface area (Å²) in [6, 6.07) is 6.55. The van der Waals surface area contributed by atoms with Crippen LogP contribution in [0.1, 0.15) is 18.4 Å². The van der Waals surface area contributed by atoms with E-state index in [9.17, 15) is 14.3 Å². The summed E-state index contributed by atoms with van der Waals surface area (Å²) < 4.78 is 17.7. The molecule has 0 aliphatic rings. The number of hydrogen-bond donors (Lipinski definition) is 3. The molecule has 0 amide bonds. The van der Waals surface area contributed by atoms with Gasteiger partial charge in [-0.3, -0.25) is 9.78 Å². The minimum absolute atomic E-state index is 0.156. The number of aromatic hydroxyl groups is 2. The molecule has 0 aliphatic carbocycles. The molecule has 5 nitrogen and oxygen atoms in total. The van der Waals surface area contributed by atoms with Gasteiger partial charge in [0.2, 0.25) is 5.88 Å². The highest BCUT2D eigenvalue weighted by molar-refractivity contribution is 5.80. The largest absolute Gasteiger partial charge is 0.494 e. The van der Waals surface area contributed by atoms with Crippen LogP contribution in [0.3, 0.4) is 0 Å². The second-order valence-electron chi connectivity index (χ2n) is 4.06. The highest BCUT2D eigenvalue weighted by atomic mass is 19.1. The molecule has 0 radical (unpaired) electrons. The van der Waals surface area contributed by atoms with Gasteiger partial charge in [-0.25, -0.2) is 4.39 Å². The molecule has 6 heteroatoms. The zero-order valence-electron chi connectivity index (χ0n) is 10.1. The van der Waals surface area contributed by atoms with E-state index in [1.807, 2.05) is 0 Å². The maximum atomic E-state index is 12.8. The van der Waals surface area contributed by atoms with E-state index in [1.54, 1.807) is 6.92 Å². The summed E-state index contributed by atoms with van der Waals surface area (Å²) in [5.74, 6) is -2.54. The second-order valence-corrected chi connectivity index (χ2v) is 4.06. The Morgan fingerprint density at radius 2 is 1.95 bits per heavy atom. The molecule has 1 atom stereocenters. The van der Waals surface area contributed by atoms with E-state index in [4.69, 9.17) is 9.84 Å². The monoisotopic (exact) mass is 265 g/mol. The van der Waals surface area contributed by atoms with Gasteiger partial charge in [-0.15, -0.1) is 0 Å². The lowest BCUT2D eigenvalue weighted by Crippen LogP contribution is -2.16. The molecule has 19 heavy (non-hydrogen) atoms. The molecular weight excluding hydrogens is 253 g/mol. The Hall–Kier alpha value is -2.50. The maximum absolute atomic E-state index is 12.8. The number of carbonyl (C=O) groups excluding carboxylic acids is 1. The molecule has 1 heterocycles. The third kappa shape index (κ3) is 2.85. The zero-order chi connectivity index (χ0) is 14.0. The van der Waals surface area contributed by atoms with Crippen molar-refractivity contribution in [2.45, 2.75) is 12.8 Å². The Morgan fingerprint density at radius 1 is 1.32 bits per heavy atom. The van der Waals surface area contributed by atoms with E-state index in [1.165, 1.54) is 24.3 Å². The van der Waals surface area contributed by atoms with Crippen molar-refractivity contribution in [2.24, 2.45) is 0 Å². The first kappa shape index (κ1) is 12.9. The number of carbonyl (C=O) groups is 1. The molecule has 1 aromatic carbocycles. The lowest BCUT2D eigenvalue weighted by atomic mass is 10.0. The zero-order valence-corrected chi connectivity index (χ0v) is 10.1. The fourth-order valence-electron chi connectivity index (χ4n) is 1.57. The van der Waals surface area contributed by atoms with Crippen molar-refractivity contribution in [3.05, 3.63) is 41.7 Å². The summed E-state index contributed by atoms with van der Waals surface area (Å²) in [5, 5.41) is 18.4. The van der Waals surface area contributed by atoms with Crippen molar-refractivity contribution in [2.75, 3.05) is 0 Å². The van der Waals surface area contributed by atoms with Crippen LogP contribution in [-0.2, 0) is 4.79 Å². The predicted octanol–water partition coefficient (Wildman–Crippen LogP) is 2.27. The molecule has 0 saturated heterocycles. The van der Waals surface area contributed by atoms with Crippen molar-refractivity contribution in [1.29, 1.82) is 0 Å². The number of benzene rings is 1. The van der Waals surface area contributed by atoms with Crippen LogP contribution >= 0.6 is 0 Å². The topological polar surface area (TPSA) is 82.5 Å². The smallest absolute Gasteiger partial charge is 0.318 e. The molecule has 2 aromatic rings. The van der Waals surface area contributed by atoms with Crippen LogP contribution in [0, 0.1) is 5.82 Å². The van der Waals surface area contributed by atoms with E-state index in [-0.39, 0.29) is 11.6 Å². The van der Waals surface area contributed by atoms with Gasteiger partial charge in [0.15, 0.2) is 11.6 Å². The van der Waals surface area contributed by atoms with E-state index in [2.05, 4.69) is 4.98 Å². The number of H-pyrrole nitrogens is 1. The SMILES string of the molecule is CC(C(=O)Oc1cc(O)[nH]c1O)c1ccc(F)cc1. The highest BCUT2D eigenvalue weighted by Crippen LogP contribution is 2.31. The van der Waals surface area contributed by atoms with Crippen LogP contribution in [0.25, 0.3) is 0 Å². The average molecular weight is 265 g/mol. The van der Waals surface area contributed by atoms with Crippen LogP contribution < -0.4 is 4.74 Å². The van der Waals surface area contributed by atoms with Gasteiger partial charge in [0.05, 0.1) is 5.92 Å². The summed E-state index contributed by atoms with van der Waals surface area (Å²) in [6.07, 6.45) is 0. The van der Waals surface area contributed by atoms with Crippen LogP contribution in [0.2, 0.25) is 0 Å². The number of hydrogen-bond acceptors (Lipinski definition) is 4. The molecule has 2 rings (SSSR count). The molecule has 0 bridgehead atoms. The number of nitrogens with one attached hydrogen (secondary N) is 1. The van der Waals surface area contributed by atoms with Gasteiger partial charge >= 0.3 is 5.97 Å². The summed E-state index contributed by atoms with van der Waals surface area (Å²) in [6.45, 7) is 1.60. The van der Waals surface area contributed by atoms with E-state index in [0.717, 1.165) is 6.07 Å². The molecule has 0 fully saturated rings. The normalized spacial score (nSPS) is 12.1. The van der Waals surface area contributed by atoms with Crippen LogP contribution in [0.15, 0.2) is 30.3 Å². The molecule has 0 spiro atoms. The first-order valence-corrected chi connectivity index (χ1v) is 5.55. The van der Waals surface area contributed by atoms with Gasteiger partial charge in [-0.2, -0.15) is 0 Å². The first-order valence-electron chi connectivity index (χ1n) is 5.55. The van der Waals surface area contributed by atoms with E-state index < -0.39 is 23.6 Å². The minimum Gasteiger partial charge on any atom is -0.494 e. The van der Waals surface area contributed by atoms with Crippen molar-refractivity contribution in [3.63, 3.8) is 0 Å². The molecule has 100 valence electrons. The predicted molar refractivity (Wildman–Crippen MR) is 64.6 cm³/mol. The molecule has 0 aliphatic heterocycles. The number of aromatic nitrogens is 1. The summed E-state index contributed by atoms with van der Waals surface area (Å²) in [5.41, 5.74) is 0.589. The molecule has 1 unspecified atom stereocenters. The van der Waals surface area contributed by atoms with Gasteiger partial charge < -0.3 is 14.9 Å². The lowest BCUT2D eigenvalue weighted by Gasteiger charge is -2.10. The summed E-state index contributed by atoms with van der Waals surface area (Å²) in [7, 11) is 0. The van der Waals surface area contributed by atoms with Gasteiger partial charge in [0.25, 0.3) is 0 Å². The van der Waals surface area contributed by atoms with Crippen molar-refractivity contribution < 1.29 is 24.1 Å². The Labute approximate surface area is 108 Å². The fraction of sp³-hybridized carbons (Fsp3) is 0.154. The lowest BCUT2D eigenvalue weighted by molar-refractivity contribution is -0.135. The quantitative estimate of drug-likeness (QED) is 0.743. The Morgan fingerprint density at radius 3 is 2.47 bits per heavy atom. The van der Waals surface area contributed by atoms with Crippen molar-refractivity contribution in [1.82, 2.24) is 4.98 Å². The molecule has 0 saturated carbocycles. The van der Waals surface area contributed by atoms with Gasteiger partial charge in [0.1, 0.15) is 5.82 Å². The van der Waals surface area contributed by atoms with Crippen LogP contribution in [0.5, 0.6) is 17.5 Å². The van der Waals surface area contributed by atoms with Gasteiger partial charge in [0, 0.05) is 6.07 Å². The third-order valence-electron chi connectivity index (χ3n) is 2.68. The first-order chi connectivity index (χ1) is 8.97. The van der Waals surface area contributed by atoms with Crippen LogP contribution in [-0.4, -0.2) is 21.2 Å². The molecular formula is C13H12FNO4. The maximum Gasteiger partial charge on any atom is 0.318 e. The second kappa shape index (κ2) is 5.01. The number of ether oxygens (including phenoxy) is 1. The number of aromatic amines is 1. The molecule has 1 aromatic heterocycles. The molecule has 3 N–H and O–H groups in total. The Kier molecular flexibility index (Phi) is 3.41. The Bertz CT molecular complexity index is 591. The van der Waals surface area contributed by atoms with Crippen LogP contribution in [0.4, 0.5) is 4.39 Å². The van der Waals surface area contributed by atoms with Gasteiger partial charge in [-0.05, 0) is 24.6 Å². The highest BCUT2D eigenvalue weighted by Gasteiger charge is 2.20. The number of rotatable bonds is 3. The number of halogens is 1. The van der Waals surface area contributed by atoms with E-state index in [0.29, 0.717) is 5.56 Å². The summed E-state index contributed by atoms with van der Waals surface area (Å²) >= 11 is 0. The standard InChI is InChI=1S/C13H12FNO4/c1-7(8-2-4-9(14)5-3-8)13(18)19-10-6-11(16)15-12(10)17/h2-7,15-17H,1H3. The van der Waals surface area contributed by atoms with Crippen molar-refractivity contribution in [3.8, 4) is 17.5 Å². The average Bonchev–Trinajstić information content (AvgIpc) is 2.68. The minimum atomic E-state index is -0.628. The fourth-order valence-corrected chi connectivity index (χ4v) is 1.57.